The first kappa shape index (κ1) is 17.5. The van der Waals surface area contributed by atoms with E-state index >= 15 is 0 Å². The lowest BCUT2D eigenvalue weighted by Crippen LogP contribution is -2.40. The van der Waals surface area contributed by atoms with Crippen LogP contribution in [0.3, 0.4) is 0 Å². The molecule has 0 aliphatic carbocycles. The van der Waals surface area contributed by atoms with Crippen molar-refractivity contribution in [2.45, 2.75) is 32.0 Å². The van der Waals surface area contributed by atoms with Crippen molar-refractivity contribution in [2.24, 2.45) is 0 Å². The number of carbonyl (C=O) groups excluding carboxylic acids is 1. The maximum absolute atomic E-state index is 12.6. The third kappa shape index (κ3) is 4.02. The number of amides is 1. The van der Waals surface area contributed by atoms with Crippen LogP contribution in [0.15, 0.2) is 24.3 Å². The number of hydrogen-bond acceptors (Lipinski definition) is 6. The lowest BCUT2D eigenvalue weighted by atomic mass is 10.1. The van der Waals surface area contributed by atoms with Crippen molar-refractivity contribution in [3.8, 4) is 11.4 Å². The molecule has 2 aromatic rings. The Balaban J connectivity index is 1.67. The number of aromatic nitrogens is 4. The number of likely N-dealkylation sites (tertiary alicyclic amines) is 1. The van der Waals surface area contributed by atoms with E-state index in [4.69, 9.17) is 9.47 Å². The Kier molecular flexibility index (Phi) is 5.40. The minimum absolute atomic E-state index is 0.0162. The summed E-state index contributed by atoms with van der Waals surface area (Å²) in [5.41, 5.74) is 2.04. The van der Waals surface area contributed by atoms with Crippen LogP contribution in [0.2, 0.25) is 0 Å². The number of rotatable bonds is 6. The second-order valence-electron chi connectivity index (χ2n) is 6.26. The molecular formula is C17H23N5O3. The maximum Gasteiger partial charge on any atom is 0.246 e. The van der Waals surface area contributed by atoms with E-state index in [2.05, 4.69) is 15.4 Å². The molecule has 0 bridgehead atoms. The summed E-state index contributed by atoms with van der Waals surface area (Å²) in [4.78, 5) is 15.8. The van der Waals surface area contributed by atoms with E-state index in [9.17, 15) is 4.79 Å². The van der Waals surface area contributed by atoms with Crippen LogP contribution in [0.1, 0.15) is 12.0 Å². The average Bonchev–Trinajstić information content (AvgIpc) is 3.23. The Bertz CT molecular complexity index is 715. The van der Waals surface area contributed by atoms with Crippen molar-refractivity contribution < 1.29 is 14.3 Å². The maximum atomic E-state index is 12.6. The first-order valence-electron chi connectivity index (χ1n) is 8.26. The van der Waals surface area contributed by atoms with Gasteiger partial charge >= 0.3 is 0 Å². The molecule has 0 saturated carbocycles. The molecule has 0 unspecified atom stereocenters. The first-order chi connectivity index (χ1) is 12.1. The molecule has 134 valence electrons. The molecule has 2 heterocycles. The molecule has 1 amide bonds. The zero-order chi connectivity index (χ0) is 17.8. The molecular weight excluding hydrogens is 322 g/mol. The van der Waals surface area contributed by atoms with Crippen molar-refractivity contribution in [2.75, 3.05) is 27.4 Å². The number of aryl methyl sites for hydroxylation is 1. The number of hydrogen-bond donors (Lipinski definition) is 0. The van der Waals surface area contributed by atoms with Crippen molar-refractivity contribution in [1.82, 2.24) is 25.1 Å². The van der Waals surface area contributed by atoms with Gasteiger partial charge in [-0.3, -0.25) is 4.79 Å². The standard InChI is InChI=1S/C17H23N5O3/c1-12-4-6-13(7-5-12)17-18-20-22(19-17)10-16(23)21-9-15(25-3)8-14(21)11-24-2/h4-7,14-15H,8-11H2,1-3H3/t14-,15+/m0/s1. The summed E-state index contributed by atoms with van der Waals surface area (Å²) in [6.45, 7) is 3.12. The van der Waals surface area contributed by atoms with Crippen LogP contribution in [0.25, 0.3) is 11.4 Å². The zero-order valence-corrected chi connectivity index (χ0v) is 14.8. The molecule has 2 atom stereocenters. The van der Waals surface area contributed by atoms with Gasteiger partial charge in [-0.2, -0.15) is 4.80 Å². The highest BCUT2D eigenvalue weighted by Crippen LogP contribution is 2.21. The van der Waals surface area contributed by atoms with Crippen molar-refractivity contribution >= 4 is 5.91 Å². The Morgan fingerprint density at radius 3 is 2.72 bits per heavy atom. The summed E-state index contributed by atoms with van der Waals surface area (Å²) in [7, 11) is 3.30. The fraction of sp³-hybridized carbons (Fsp3) is 0.529. The highest BCUT2D eigenvalue weighted by atomic mass is 16.5. The largest absolute Gasteiger partial charge is 0.383 e. The van der Waals surface area contributed by atoms with Gasteiger partial charge in [0.15, 0.2) is 0 Å². The molecule has 1 aromatic heterocycles. The molecule has 25 heavy (non-hydrogen) atoms. The Morgan fingerprint density at radius 1 is 1.28 bits per heavy atom. The van der Waals surface area contributed by atoms with E-state index in [0.29, 0.717) is 19.0 Å². The predicted octanol–water partition coefficient (Wildman–Crippen LogP) is 0.911. The van der Waals surface area contributed by atoms with Gasteiger partial charge in [-0.05, 0) is 18.6 Å². The van der Waals surface area contributed by atoms with E-state index in [1.54, 1.807) is 19.1 Å². The average molecular weight is 345 g/mol. The van der Waals surface area contributed by atoms with Gasteiger partial charge in [0.2, 0.25) is 11.7 Å². The summed E-state index contributed by atoms with van der Waals surface area (Å²) < 4.78 is 10.6. The normalized spacial score (nSPS) is 20.2. The van der Waals surface area contributed by atoms with E-state index in [1.165, 1.54) is 4.80 Å². The SMILES string of the molecule is COC[C@@H]1C[C@@H](OC)CN1C(=O)Cn1nnc(-c2ccc(C)cc2)n1. The van der Waals surface area contributed by atoms with Crippen LogP contribution in [-0.2, 0) is 20.8 Å². The number of carbonyl (C=O) groups is 1. The van der Waals surface area contributed by atoms with Gasteiger partial charge in [-0.1, -0.05) is 29.8 Å². The monoisotopic (exact) mass is 345 g/mol. The zero-order valence-electron chi connectivity index (χ0n) is 14.8. The molecule has 1 aromatic carbocycles. The molecule has 0 N–H and O–H groups in total. The molecule has 3 rings (SSSR count). The van der Waals surface area contributed by atoms with Crippen molar-refractivity contribution in [1.29, 1.82) is 0 Å². The fourth-order valence-corrected chi connectivity index (χ4v) is 3.04. The number of ether oxygens (including phenoxy) is 2. The molecule has 1 aliphatic rings. The number of benzene rings is 1. The van der Waals surface area contributed by atoms with E-state index < -0.39 is 0 Å². The van der Waals surface area contributed by atoms with Gasteiger partial charge in [0.05, 0.1) is 18.8 Å². The molecule has 0 radical (unpaired) electrons. The quantitative estimate of drug-likeness (QED) is 0.774. The Labute approximate surface area is 146 Å². The third-order valence-corrected chi connectivity index (χ3v) is 4.43. The summed E-state index contributed by atoms with van der Waals surface area (Å²) in [5, 5.41) is 12.4. The van der Waals surface area contributed by atoms with Crippen LogP contribution in [0.5, 0.6) is 0 Å². The molecule has 1 aliphatic heterocycles. The van der Waals surface area contributed by atoms with Crippen LogP contribution in [0, 0.1) is 6.92 Å². The van der Waals surface area contributed by atoms with Crippen LogP contribution in [-0.4, -0.2) is 70.5 Å². The molecule has 0 spiro atoms. The van der Waals surface area contributed by atoms with Gasteiger partial charge in [0.1, 0.15) is 6.54 Å². The summed E-state index contributed by atoms with van der Waals surface area (Å²) in [6, 6.07) is 7.88. The molecule has 1 saturated heterocycles. The van der Waals surface area contributed by atoms with Crippen LogP contribution < -0.4 is 0 Å². The van der Waals surface area contributed by atoms with Gasteiger partial charge in [-0.15, -0.1) is 10.2 Å². The minimum atomic E-state index is -0.0607. The van der Waals surface area contributed by atoms with Crippen LogP contribution >= 0.6 is 0 Å². The van der Waals surface area contributed by atoms with E-state index in [1.807, 2.05) is 31.2 Å². The van der Waals surface area contributed by atoms with E-state index in [-0.39, 0.29) is 24.6 Å². The lowest BCUT2D eigenvalue weighted by Gasteiger charge is -2.23. The Morgan fingerprint density at radius 2 is 2.04 bits per heavy atom. The number of methoxy groups -OCH3 is 2. The Hall–Kier alpha value is -2.32. The van der Waals surface area contributed by atoms with E-state index in [0.717, 1.165) is 17.5 Å². The second-order valence-corrected chi connectivity index (χ2v) is 6.26. The van der Waals surface area contributed by atoms with Gasteiger partial charge in [0, 0.05) is 26.3 Å². The van der Waals surface area contributed by atoms with Gasteiger partial charge in [0.25, 0.3) is 0 Å². The molecule has 1 fully saturated rings. The molecule has 8 nitrogen and oxygen atoms in total. The predicted molar refractivity (Wildman–Crippen MR) is 90.8 cm³/mol. The lowest BCUT2D eigenvalue weighted by molar-refractivity contribution is -0.134. The van der Waals surface area contributed by atoms with Crippen molar-refractivity contribution in [3.05, 3.63) is 29.8 Å². The minimum Gasteiger partial charge on any atom is -0.383 e. The summed E-state index contributed by atoms with van der Waals surface area (Å²) >= 11 is 0. The summed E-state index contributed by atoms with van der Waals surface area (Å²) in [5.74, 6) is 0.451. The number of tetrazole rings is 1. The highest BCUT2D eigenvalue weighted by Gasteiger charge is 2.35. The van der Waals surface area contributed by atoms with Gasteiger partial charge < -0.3 is 14.4 Å². The second kappa shape index (κ2) is 7.71. The topological polar surface area (TPSA) is 82.4 Å². The van der Waals surface area contributed by atoms with Crippen LogP contribution in [0.4, 0.5) is 0 Å². The smallest absolute Gasteiger partial charge is 0.246 e. The summed E-state index contributed by atoms with van der Waals surface area (Å²) in [6.07, 6.45) is 0.811. The fourth-order valence-electron chi connectivity index (χ4n) is 3.04. The molecule has 8 heteroatoms. The third-order valence-electron chi connectivity index (χ3n) is 4.43. The first-order valence-corrected chi connectivity index (χ1v) is 8.26. The van der Waals surface area contributed by atoms with Gasteiger partial charge in [-0.25, -0.2) is 0 Å². The van der Waals surface area contributed by atoms with Crippen molar-refractivity contribution in [3.63, 3.8) is 0 Å². The highest BCUT2D eigenvalue weighted by molar-refractivity contribution is 5.76. The number of nitrogens with zero attached hydrogens (tertiary/aromatic N) is 5.